The predicted octanol–water partition coefficient (Wildman–Crippen LogP) is -0.248. The summed E-state index contributed by atoms with van der Waals surface area (Å²) in [7, 11) is -4.19. The molecule has 0 spiro atoms. The fraction of sp³-hybridized carbons (Fsp3) is 0. The van der Waals surface area contributed by atoms with E-state index in [4.69, 9.17) is 5.73 Å². The third-order valence-electron chi connectivity index (χ3n) is 1.60. The molecule has 3 N–H and O–H groups in total. The van der Waals surface area contributed by atoms with Gasteiger partial charge in [-0.1, -0.05) is 22.5 Å². The molecular formula is C7H8N4O4S. The lowest BCUT2D eigenvalue weighted by Crippen LogP contribution is -2.46. The Morgan fingerprint density at radius 1 is 1.31 bits per heavy atom. The summed E-state index contributed by atoms with van der Waals surface area (Å²) >= 11 is 0. The third kappa shape index (κ3) is 2.32. The summed E-state index contributed by atoms with van der Waals surface area (Å²) < 4.78 is 30.2. The van der Waals surface area contributed by atoms with Gasteiger partial charge in [0.05, 0.1) is 5.69 Å². The van der Waals surface area contributed by atoms with Gasteiger partial charge < -0.3 is 5.73 Å². The highest BCUT2D eigenvalue weighted by atomic mass is 32.3. The van der Waals surface area contributed by atoms with Crippen LogP contribution in [0.2, 0.25) is 0 Å². The van der Waals surface area contributed by atoms with Crippen LogP contribution < -0.4 is 11.2 Å². The maximum atomic E-state index is 10.9. The average molecular weight is 244 g/mol. The summed E-state index contributed by atoms with van der Waals surface area (Å²) in [5.74, 6) is -0.265. The van der Waals surface area contributed by atoms with Gasteiger partial charge in [0.15, 0.2) is 0 Å². The zero-order valence-corrected chi connectivity index (χ0v) is 8.72. The fourth-order valence-corrected chi connectivity index (χ4v) is 1.46. The van der Waals surface area contributed by atoms with Crippen molar-refractivity contribution < 1.29 is 17.0 Å². The van der Waals surface area contributed by atoms with Crippen LogP contribution in [0.25, 0.3) is 0 Å². The van der Waals surface area contributed by atoms with E-state index in [0.717, 1.165) is 0 Å². The number of hydrogen-bond acceptors (Lipinski definition) is 8. The number of para-hydroxylation sites is 1. The van der Waals surface area contributed by atoms with Crippen molar-refractivity contribution in [2.24, 2.45) is 10.9 Å². The largest absolute Gasteiger partial charge is 0.493 e. The van der Waals surface area contributed by atoms with Crippen LogP contribution in [0.3, 0.4) is 0 Å². The van der Waals surface area contributed by atoms with Crippen molar-refractivity contribution in [3.05, 3.63) is 30.3 Å². The van der Waals surface area contributed by atoms with Gasteiger partial charge in [-0.15, -0.1) is 5.17 Å². The minimum atomic E-state index is -4.19. The molecule has 0 aromatic heterocycles. The van der Waals surface area contributed by atoms with Crippen molar-refractivity contribution in [3.63, 3.8) is 0 Å². The molecule has 1 aromatic carbocycles. The van der Waals surface area contributed by atoms with E-state index in [9.17, 15) is 8.42 Å². The van der Waals surface area contributed by atoms with Gasteiger partial charge in [0.25, 0.3) is 5.96 Å². The molecule has 0 saturated carbocycles. The molecule has 86 valence electrons. The highest BCUT2D eigenvalue weighted by Crippen LogP contribution is 2.12. The molecular weight excluding hydrogens is 236 g/mol. The van der Waals surface area contributed by atoms with Crippen LogP contribution in [0.15, 0.2) is 35.5 Å². The van der Waals surface area contributed by atoms with Gasteiger partial charge >= 0.3 is 10.4 Å². The summed E-state index contributed by atoms with van der Waals surface area (Å²) in [4.78, 5) is 0. The number of oxime groups is 1. The van der Waals surface area contributed by atoms with E-state index in [-0.39, 0.29) is 5.96 Å². The molecule has 2 rings (SSSR count). The first kappa shape index (κ1) is 10.5. The van der Waals surface area contributed by atoms with Crippen molar-refractivity contribution in [2.45, 2.75) is 0 Å². The van der Waals surface area contributed by atoms with Gasteiger partial charge in [0.2, 0.25) is 0 Å². The highest BCUT2D eigenvalue weighted by molar-refractivity contribution is 7.81. The summed E-state index contributed by atoms with van der Waals surface area (Å²) in [6.45, 7) is 0. The minimum Gasteiger partial charge on any atom is -0.364 e. The van der Waals surface area contributed by atoms with E-state index in [1.165, 1.54) is 0 Å². The minimum absolute atomic E-state index is 0.265. The van der Waals surface area contributed by atoms with E-state index in [1.54, 1.807) is 30.3 Å². The summed E-state index contributed by atoms with van der Waals surface area (Å²) in [5, 5.41) is 3.79. The topological polar surface area (TPSA) is 106 Å². The molecule has 0 bridgehead atoms. The maximum absolute atomic E-state index is 10.9. The van der Waals surface area contributed by atoms with Crippen LogP contribution in [0.5, 0.6) is 0 Å². The Morgan fingerprint density at radius 3 is 2.69 bits per heavy atom. The Labute approximate surface area is 91.5 Å². The molecule has 0 aliphatic carbocycles. The van der Waals surface area contributed by atoms with Crippen LogP contribution in [-0.4, -0.2) is 19.5 Å². The van der Waals surface area contributed by atoms with Gasteiger partial charge in [0, 0.05) is 0 Å². The second kappa shape index (κ2) is 3.87. The number of nitrogens with two attached hydrogens (primary N) is 1. The number of hydrogen-bond donors (Lipinski definition) is 2. The number of guanidine groups is 1. The highest BCUT2D eigenvalue weighted by Gasteiger charge is 2.27. The normalized spacial score (nSPS) is 18.5. The second-order valence-corrected chi connectivity index (χ2v) is 3.89. The maximum Gasteiger partial charge on any atom is 0.493 e. The standard InChI is InChI=1S/C7H8N4O4S/c8-7-10-14-16(12,13)15-11(7)9-6-4-2-1-3-5-6/h1-5,9H,(H2,8,10). The number of nitrogens with zero attached hydrogens (tertiary/aromatic N) is 2. The first-order valence-electron chi connectivity index (χ1n) is 4.15. The van der Waals surface area contributed by atoms with Gasteiger partial charge in [-0.05, 0) is 17.3 Å². The number of hydrazine groups is 1. The Hall–Kier alpha value is -2.00. The molecule has 1 aromatic rings. The van der Waals surface area contributed by atoms with Crippen LogP contribution >= 0.6 is 0 Å². The Kier molecular flexibility index (Phi) is 2.54. The number of nitrogens with one attached hydrogen (secondary N) is 1. The van der Waals surface area contributed by atoms with Crippen molar-refractivity contribution in [3.8, 4) is 0 Å². The lowest BCUT2D eigenvalue weighted by Gasteiger charge is -2.23. The van der Waals surface area contributed by atoms with E-state index in [0.29, 0.717) is 10.9 Å². The van der Waals surface area contributed by atoms with Crippen LogP contribution in [0, 0.1) is 0 Å². The number of rotatable bonds is 2. The van der Waals surface area contributed by atoms with Crippen molar-refractivity contribution >= 4 is 22.0 Å². The van der Waals surface area contributed by atoms with Gasteiger partial charge in [-0.2, -0.15) is 8.42 Å². The molecule has 16 heavy (non-hydrogen) atoms. The lowest BCUT2D eigenvalue weighted by atomic mass is 10.3. The quantitative estimate of drug-likeness (QED) is 0.738. The van der Waals surface area contributed by atoms with E-state index < -0.39 is 10.4 Å². The van der Waals surface area contributed by atoms with Gasteiger partial charge in [-0.25, -0.2) is 4.28 Å². The first-order valence-corrected chi connectivity index (χ1v) is 5.49. The SMILES string of the molecule is NC1=NOS(=O)(=O)ON1Nc1ccccc1. The van der Waals surface area contributed by atoms with Gasteiger partial charge in [0.1, 0.15) is 0 Å². The summed E-state index contributed by atoms with van der Waals surface area (Å²) in [5.41, 5.74) is 8.51. The number of benzene rings is 1. The third-order valence-corrected chi connectivity index (χ3v) is 2.19. The molecule has 1 aliphatic heterocycles. The lowest BCUT2D eigenvalue weighted by molar-refractivity contribution is 0.00885. The number of hydroxylamine groups is 1. The first-order chi connectivity index (χ1) is 7.57. The average Bonchev–Trinajstić information content (AvgIpc) is 2.25. The molecule has 0 fully saturated rings. The van der Waals surface area contributed by atoms with Gasteiger partial charge in [-0.3, -0.25) is 5.43 Å². The zero-order chi connectivity index (χ0) is 11.6. The summed E-state index contributed by atoms with van der Waals surface area (Å²) in [6, 6.07) is 8.70. The molecule has 8 nitrogen and oxygen atoms in total. The molecule has 9 heteroatoms. The molecule has 0 unspecified atom stereocenters. The molecule has 0 amide bonds. The fourth-order valence-electron chi connectivity index (χ4n) is 0.970. The van der Waals surface area contributed by atoms with Crippen LogP contribution in [0.1, 0.15) is 0 Å². The van der Waals surface area contributed by atoms with Crippen LogP contribution in [-0.2, 0) is 19.0 Å². The monoisotopic (exact) mass is 244 g/mol. The molecule has 1 heterocycles. The smallest absolute Gasteiger partial charge is 0.364 e. The van der Waals surface area contributed by atoms with Crippen molar-refractivity contribution in [1.82, 2.24) is 5.17 Å². The Morgan fingerprint density at radius 2 is 2.00 bits per heavy atom. The molecule has 1 aliphatic rings. The van der Waals surface area contributed by atoms with E-state index in [1.807, 2.05) is 0 Å². The van der Waals surface area contributed by atoms with Crippen molar-refractivity contribution in [2.75, 3.05) is 5.43 Å². The predicted molar refractivity (Wildman–Crippen MR) is 54.6 cm³/mol. The Balaban J connectivity index is 2.16. The van der Waals surface area contributed by atoms with E-state index >= 15 is 0 Å². The molecule has 0 radical (unpaired) electrons. The second-order valence-electron chi connectivity index (χ2n) is 2.78. The van der Waals surface area contributed by atoms with Crippen molar-refractivity contribution in [1.29, 1.82) is 0 Å². The van der Waals surface area contributed by atoms with E-state index in [2.05, 4.69) is 19.1 Å². The molecule has 0 saturated heterocycles. The van der Waals surface area contributed by atoms with Crippen LogP contribution in [0.4, 0.5) is 5.69 Å². The summed E-state index contributed by atoms with van der Waals surface area (Å²) in [6.07, 6.45) is 0. The molecule has 0 atom stereocenters. The Bertz CT molecular complexity index is 500. The number of anilines is 1. The zero-order valence-electron chi connectivity index (χ0n) is 7.90.